The van der Waals surface area contributed by atoms with Crippen molar-refractivity contribution < 1.29 is 24.1 Å². The monoisotopic (exact) mass is 299 g/mol. The summed E-state index contributed by atoms with van der Waals surface area (Å²) < 4.78 is 25.8. The van der Waals surface area contributed by atoms with Gasteiger partial charge in [-0.15, -0.1) is 5.10 Å². The Hall–Kier alpha value is -2.04. The van der Waals surface area contributed by atoms with E-state index in [0.29, 0.717) is 0 Å². The number of alkyl halides is 1. The summed E-state index contributed by atoms with van der Waals surface area (Å²) in [6.45, 7) is -0.491. The zero-order valence-corrected chi connectivity index (χ0v) is 11.0. The van der Waals surface area contributed by atoms with Crippen LogP contribution in [-0.2, 0) is 4.74 Å². The third kappa shape index (κ3) is 2.07. The fourth-order valence-corrected chi connectivity index (χ4v) is 2.33. The molecule has 114 valence electrons. The van der Waals surface area contributed by atoms with Gasteiger partial charge in [-0.1, -0.05) is 0 Å². The molecule has 3 rings (SSSR count). The molecule has 21 heavy (non-hydrogen) atoms. The van der Waals surface area contributed by atoms with Crippen molar-refractivity contribution in [2.45, 2.75) is 24.5 Å². The van der Waals surface area contributed by atoms with Crippen LogP contribution in [-0.4, -0.2) is 61.9 Å². The fraction of sp³-hybridized carbons (Fsp3) is 0.545. The predicted molar refractivity (Wildman–Crippen MR) is 67.3 cm³/mol. The summed E-state index contributed by atoms with van der Waals surface area (Å²) in [6.07, 6.45) is -3.92. The van der Waals surface area contributed by atoms with Crippen molar-refractivity contribution >= 4 is 11.6 Å². The molecule has 1 aliphatic rings. The van der Waals surface area contributed by atoms with E-state index in [-0.39, 0.29) is 23.2 Å². The highest BCUT2D eigenvalue weighted by atomic mass is 19.1. The first-order chi connectivity index (χ1) is 10.1. The normalized spacial score (nSPS) is 29.1. The first-order valence-electron chi connectivity index (χ1n) is 6.20. The van der Waals surface area contributed by atoms with E-state index >= 15 is 0 Å². The molecule has 1 aliphatic heterocycles. The van der Waals surface area contributed by atoms with Gasteiger partial charge in [0.15, 0.2) is 6.17 Å². The number of rotatable bonds is 3. The zero-order valence-electron chi connectivity index (χ0n) is 11.0. The van der Waals surface area contributed by atoms with Crippen LogP contribution in [0.25, 0.3) is 5.65 Å². The molecule has 9 nitrogen and oxygen atoms in total. The molecule has 0 aliphatic carbocycles. The maximum absolute atomic E-state index is 14.2. The summed E-state index contributed by atoms with van der Waals surface area (Å²) in [5.41, 5.74) is 6.07. The molecule has 0 bridgehead atoms. The van der Waals surface area contributed by atoms with Gasteiger partial charge >= 0.3 is 0 Å². The lowest BCUT2D eigenvalue weighted by Crippen LogP contribution is -2.30. The van der Waals surface area contributed by atoms with Crippen LogP contribution in [0.5, 0.6) is 5.88 Å². The van der Waals surface area contributed by atoms with Gasteiger partial charge in [0.1, 0.15) is 18.3 Å². The second kappa shape index (κ2) is 5.06. The van der Waals surface area contributed by atoms with Crippen LogP contribution in [0.1, 0.15) is 11.8 Å². The lowest BCUT2D eigenvalue weighted by Gasteiger charge is -2.12. The maximum Gasteiger partial charge on any atom is 0.262 e. The molecule has 0 spiro atoms. The Morgan fingerprint density at radius 3 is 2.95 bits per heavy atom. The predicted octanol–water partition coefficient (Wildman–Crippen LogP) is -1.15. The van der Waals surface area contributed by atoms with E-state index in [4.69, 9.17) is 20.3 Å². The number of ether oxygens (including phenoxy) is 2. The molecule has 1 fully saturated rings. The number of aliphatic hydroxyl groups excluding tert-OH is 2. The average Bonchev–Trinajstić information content (AvgIpc) is 3.01. The summed E-state index contributed by atoms with van der Waals surface area (Å²) in [5, 5.41) is 22.7. The molecule has 4 atom stereocenters. The molecule has 0 amide bonds. The second-order valence-electron chi connectivity index (χ2n) is 4.61. The van der Waals surface area contributed by atoms with Crippen LogP contribution in [0.3, 0.4) is 0 Å². The number of nitrogens with two attached hydrogens (primary N) is 1. The number of nitrogen functional groups attached to an aromatic ring is 1. The molecule has 4 N–H and O–H groups in total. The molecular formula is C11H14FN5O4. The van der Waals surface area contributed by atoms with E-state index < -0.39 is 31.1 Å². The molecule has 2 aromatic rings. The molecule has 3 heterocycles. The Morgan fingerprint density at radius 2 is 2.33 bits per heavy atom. The number of aliphatic hydroxyl groups is 2. The van der Waals surface area contributed by atoms with Gasteiger partial charge in [-0.2, -0.15) is 4.98 Å². The Bertz CT molecular complexity index is 665. The van der Waals surface area contributed by atoms with E-state index in [9.17, 15) is 9.50 Å². The van der Waals surface area contributed by atoms with Crippen molar-refractivity contribution in [1.29, 1.82) is 0 Å². The minimum absolute atomic E-state index is 0.0775. The topological polar surface area (TPSA) is 128 Å². The molecule has 0 saturated carbocycles. The Balaban J connectivity index is 2.07. The fourth-order valence-electron chi connectivity index (χ4n) is 2.33. The minimum Gasteiger partial charge on any atom is -0.478 e. The number of aromatic nitrogens is 4. The first-order valence-corrected chi connectivity index (χ1v) is 6.20. The van der Waals surface area contributed by atoms with Crippen molar-refractivity contribution in [2.24, 2.45) is 0 Å². The largest absolute Gasteiger partial charge is 0.478 e. The number of hydrogen-bond donors (Lipinski definition) is 3. The smallest absolute Gasteiger partial charge is 0.262 e. The summed E-state index contributed by atoms with van der Waals surface area (Å²) in [6, 6.07) is 0. The highest BCUT2D eigenvalue weighted by molar-refractivity contribution is 5.51. The van der Waals surface area contributed by atoms with E-state index in [1.165, 1.54) is 17.8 Å². The van der Waals surface area contributed by atoms with Crippen LogP contribution in [0.2, 0.25) is 0 Å². The maximum atomic E-state index is 14.2. The third-order valence-electron chi connectivity index (χ3n) is 3.36. The van der Waals surface area contributed by atoms with Crippen molar-refractivity contribution in [3.8, 4) is 5.88 Å². The van der Waals surface area contributed by atoms with Crippen LogP contribution < -0.4 is 10.5 Å². The number of nitrogens with zero attached hydrogens (tertiary/aromatic N) is 4. The Labute approximate surface area is 118 Å². The van der Waals surface area contributed by atoms with Gasteiger partial charge in [0.2, 0.25) is 11.6 Å². The first kappa shape index (κ1) is 13.9. The average molecular weight is 299 g/mol. The van der Waals surface area contributed by atoms with Crippen molar-refractivity contribution in [3.05, 3.63) is 11.9 Å². The van der Waals surface area contributed by atoms with Gasteiger partial charge in [-0.25, -0.2) is 13.9 Å². The molecule has 0 aromatic carbocycles. The van der Waals surface area contributed by atoms with Crippen LogP contribution >= 0.6 is 0 Å². The van der Waals surface area contributed by atoms with Gasteiger partial charge < -0.3 is 25.4 Å². The minimum atomic E-state index is -1.72. The molecular weight excluding hydrogens is 285 g/mol. The molecule has 0 unspecified atom stereocenters. The van der Waals surface area contributed by atoms with Crippen LogP contribution in [0.4, 0.5) is 10.3 Å². The van der Waals surface area contributed by atoms with Crippen molar-refractivity contribution in [3.63, 3.8) is 0 Å². The number of methoxy groups -OCH3 is 1. The van der Waals surface area contributed by atoms with Crippen LogP contribution in [0, 0.1) is 0 Å². The standard InChI is InChI=1S/C11H14FN5O4/c1-20-10-9-14-2-4(17(9)16-11(13)15-10)8-6(12)7(19)5(3-18)21-8/h2,5-8,18-19H,3H2,1H3,(H2,13,16)/t5-,6-,7-,8+/m1/s1. The van der Waals surface area contributed by atoms with Crippen molar-refractivity contribution in [1.82, 2.24) is 19.6 Å². The van der Waals surface area contributed by atoms with Gasteiger partial charge in [0.05, 0.1) is 25.6 Å². The summed E-state index contributed by atoms with van der Waals surface area (Å²) in [4.78, 5) is 7.91. The molecule has 2 aromatic heterocycles. The Morgan fingerprint density at radius 1 is 1.57 bits per heavy atom. The van der Waals surface area contributed by atoms with E-state index in [0.717, 1.165) is 0 Å². The van der Waals surface area contributed by atoms with E-state index in [2.05, 4.69) is 15.1 Å². The number of halogens is 1. The van der Waals surface area contributed by atoms with Gasteiger partial charge in [0, 0.05) is 0 Å². The summed E-state index contributed by atoms with van der Waals surface area (Å²) in [7, 11) is 1.39. The number of hydrogen-bond acceptors (Lipinski definition) is 8. The Kier molecular flexibility index (Phi) is 3.35. The van der Waals surface area contributed by atoms with Gasteiger partial charge in [-0.05, 0) is 0 Å². The molecule has 0 radical (unpaired) electrons. The third-order valence-corrected chi connectivity index (χ3v) is 3.36. The van der Waals surface area contributed by atoms with E-state index in [1.54, 1.807) is 0 Å². The second-order valence-corrected chi connectivity index (χ2v) is 4.61. The number of anilines is 1. The SMILES string of the molecule is COc1nc(N)nn2c([C@@H]3O[C@H](CO)[C@@H](O)[C@H]3F)cnc12. The number of fused-ring (bicyclic) bond motifs is 1. The van der Waals surface area contributed by atoms with Gasteiger partial charge in [0.25, 0.3) is 5.88 Å². The van der Waals surface area contributed by atoms with Crippen LogP contribution in [0.15, 0.2) is 6.20 Å². The van der Waals surface area contributed by atoms with Crippen molar-refractivity contribution in [2.75, 3.05) is 19.5 Å². The van der Waals surface area contributed by atoms with E-state index in [1.807, 2.05) is 0 Å². The van der Waals surface area contributed by atoms with Gasteiger partial charge in [-0.3, -0.25) is 0 Å². The lowest BCUT2D eigenvalue weighted by molar-refractivity contribution is -0.0241. The molecule has 10 heteroatoms. The molecule has 1 saturated heterocycles. The summed E-state index contributed by atoms with van der Waals surface area (Å²) >= 11 is 0. The zero-order chi connectivity index (χ0) is 15.1. The highest BCUT2D eigenvalue weighted by Gasteiger charge is 2.46. The summed E-state index contributed by atoms with van der Waals surface area (Å²) in [5.74, 6) is 0.0627. The highest BCUT2D eigenvalue weighted by Crippen LogP contribution is 2.36. The number of imidazole rings is 1. The lowest BCUT2D eigenvalue weighted by atomic mass is 10.1. The quantitative estimate of drug-likeness (QED) is 0.648.